The van der Waals surface area contributed by atoms with Gasteiger partial charge in [-0.15, -0.1) is 0 Å². The van der Waals surface area contributed by atoms with Crippen molar-refractivity contribution < 1.29 is 19.1 Å². The van der Waals surface area contributed by atoms with Gasteiger partial charge in [0.15, 0.2) is 0 Å². The Bertz CT molecular complexity index is 1080. The molecule has 4 rings (SSSR count). The monoisotopic (exact) mass is 402 g/mol. The molecule has 0 spiro atoms. The lowest BCUT2D eigenvalue weighted by atomic mass is 9.82. The first kappa shape index (κ1) is 20.1. The molecule has 1 aliphatic carbocycles. The standard InChI is InChI=1S/C26H26O4/c1-17-8-5-12-20(16-17)25(27)29-22-14-6-10-19-11-7-15-23(24(19)22)30-26(28)21-13-4-3-9-18(21)2/h3-4,6-7,9-11,13-15,17,20H,5,8,12,16H2,1-2H3. The number of fused-ring (bicyclic) bond motifs is 1. The molecule has 0 saturated heterocycles. The third-order valence-corrected chi connectivity index (χ3v) is 5.88. The van der Waals surface area contributed by atoms with E-state index in [4.69, 9.17) is 9.47 Å². The summed E-state index contributed by atoms with van der Waals surface area (Å²) in [6, 6.07) is 18.3. The van der Waals surface area contributed by atoms with Gasteiger partial charge in [0.1, 0.15) is 11.5 Å². The number of carbonyl (C=O) groups excluding carboxylic acids is 2. The number of hydrogen-bond donors (Lipinski definition) is 0. The number of esters is 2. The van der Waals surface area contributed by atoms with Crippen LogP contribution in [0.2, 0.25) is 0 Å². The Kier molecular flexibility index (Phi) is 5.84. The van der Waals surface area contributed by atoms with Crippen LogP contribution in [0.5, 0.6) is 11.5 Å². The van der Waals surface area contributed by atoms with Crippen LogP contribution in [0.4, 0.5) is 0 Å². The molecule has 3 aromatic rings. The van der Waals surface area contributed by atoms with Crippen LogP contribution in [0.15, 0.2) is 60.7 Å². The molecule has 0 aliphatic heterocycles. The maximum Gasteiger partial charge on any atom is 0.343 e. The molecule has 0 bridgehead atoms. The number of carbonyl (C=O) groups is 2. The molecule has 30 heavy (non-hydrogen) atoms. The highest BCUT2D eigenvalue weighted by Gasteiger charge is 2.27. The molecule has 0 aromatic heterocycles. The molecule has 2 atom stereocenters. The molecule has 0 N–H and O–H groups in total. The van der Waals surface area contributed by atoms with Crippen molar-refractivity contribution >= 4 is 22.7 Å². The minimum Gasteiger partial charge on any atom is -0.426 e. The van der Waals surface area contributed by atoms with Gasteiger partial charge >= 0.3 is 11.9 Å². The topological polar surface area (TPSA) is 52.6 Å². The van der Waals surface area contributed by atoms with Crippen molar-refractivity contribution in [3.05, 3.63) is 71.8 Å². The van der Waals surface area contributed by atoms with E-state index in [2.05, 4.69) is 6.92 Å². The number of benzene rings is 3. The summed E-state index contributed by atoms with van der Waals surface area (Å²) in [6.45, 7) is 4.05. The van der Waals surface area contributed by atoms with E-state index in [0.29, 0.717) is 28.4 Å². The molecule has 1 aliphatic rings. The first-order valence-electron chi connectivity index (χ1n) is 10.5. The van der Waals surface area contributed by atoms with Crippen molar-refractivity contribution in [3.8, 4) is 11.5 Å². The molecule has 2 unspecified atom stereocenters. The van der Waals surface area contributed by atoms with E-state index in [1.54, 1.807) is 18.2 Å². The molecule has 1 fully saturated rings. The largest absolute Gasteiger partial charge is 0.426 e. The summed E-state index contributed by atoms with van der Waals surface area (Å²) in [4.78, 5) is 25.6. The van der Waals surface area contributed by atoms with Gasteiger partial charge in [0.25, 0.3) is 0 Å². The van der Waals surface area contributed by atoms with Gasteiger partial charge in [0, 0.05) is 0 Å². The van der Waals surface area contributed by atoms with E-state index in [1.807, 2.05) is 49.4 Å². The van der Waals surface area contributed by atoms with E-state index in [-0.39, 0.29) is 11.9 Å². The van der Waals surface area contributed by atoms with Crippen molar-refractivity contribution in [3.63, 3.8) is 0 Å². The summed E-state index contributed by atoms with van der Waals surface area (Å²) in [5, 5.41) is 1.49. The Morgan fingerprint density at radius 1 is 0.867 bits per heavy atom. The lowest BCUT2D eigenvalue weighted by molar-refractivity contribution is -0.140. The van der Waals surface area contributed by atoms with E-state index >= 15 is 0 Å². The lowest BCUT2D eigenvalue weighted by Crippen LogP contribution is -2.25. The Morgan fingerprint density at radius 3 is 2.27 bits per heavy atom. The summed E-state index contributed by atoms with van der Waals surface area (Å²) in [5.74, 6) is 0.655. The van der Waals surface area contributed by atoms with Gasteiger partial charge in [0.2, 0.25) is 0 Å². The summed E-state index contributed by atoms with van der Waals surface area (Å²) in [5.41, 5.74) is 1.36. The van der Waals surface area contributed by atoms with Gasteiger partial charge in [-0.1, -0.05) is 62.2 Å². The van der Waals surface area contributed by atoms with Crippen LogP contribution in [0.25, 0.3) is 10.8 Å². The third kappa shape index (κ3) is 4.23. The SMILES string of the molecule is Cc1ccccc1C(=O)Oc1cccc2cccc(OC(=O)C3CCCC(C)C3)c12. The summed E-state index contributed by atoms with van der Waals surface area (Å²) in [6.07, 6.45) is 3.94. The maximum atomic E-state index is 12.8. The summed E-state index contributed by atoms with van der Waals surface area (Å²) in [7, 11) is 0. The van der Waals surface area contributed by atoms with Crippen LogP contribution in [0.1, 0.15) is 48.5 Å². The van der Waals surface area contributed by atoms with E-state index in [1.165, 1.54) is 0 Å². The molecule has 4 nitrogen and oxygen atoms in total. The average molecular weight is 402 g/mol. The van der Waals surface area contributed by atoms with Gasteiger partial charge < -0.3 is 9.47 Å². The Balaban J connectivity index is 1.64. The molecular weight excluding hydrogens is 376 g/mol. The fourth-order valence-corrected chi connectivity index (χ4v) is 4.24. The fraction of sp³-hybridized carbons (Fsp3) is 0.308. The first-order valence-corrected chi connectivity index (χ1v) is 10.5. The number of rotatable bonds is 4. The molecule has 0 radical (unpaired) electrons. The van der Waals surface area contributed by atoms with E-state index < -0.39 is 5.97 Å². The second-order valence-electron chi connectivity index (χ2n) is 8.20. The zero-order valence-electron chi connectivity index (χ0n) is 17.4. The Morgan fingerprint density at radius 2 is 1.57 bits per heavy atom. The Hall–Kier alpha value is -3.14. The zero-order valence-corrected chi connectivity index (χ0v) is 17.4. The van der Waals surface area contributed by atoms with E-state index in [0.717, 1.165) is 36.6 Å². The average Bonchev–Trinajstić information content (AvgIpc) is 2.74. The van der Waals surface area contributed by atoms with Gasteiger partial charge in [-0.05, 0) is 54.8 Å². The maximum absolute atomic E-state index is 12.8. The molecule has 4 heteroatoms. The zero-order chi connectivity index (χ0) is 21.1. The van der Waals surface area contributed by atoms with Gasteiger partial charge in [-0.2, -0.15) is 0 Å². The smallest absolute Gasteiger partial charge is 0.343 e. The minimum atomic E-state index is -0.428. The third-order valence-electron chi connectivity index (χ3n) is 5.88. The molecule has 3 aromatic carbocycles. The number of hydrogen-bond acceptors (Lipinski definition) is 4. The summed E-state index contributed by atoms with van der Waals surface area (Å²) < 4.78 is 11.6. The van der Waals surface area contributed by atoms with Crippen LogP contribution in [0, 0.1) is 18.8 Å². The molecular formula is C26H26O4. The van der Waals surface area contributed by atoms with Crippen LogP contribution in [-0.2, 0) is 4.79 Å². The van der Waals surface area contributed by atoms with Gasteiger partial charge in [-0.25, -0.2) is 4.79 Å². The van der Waals surface area contributed by atoms with E-state index in [9.17, 15) is 9.59 Å². The second-order valence-corrected chi connectivity index (χ2v) is 8.20. The normalized spacial score (nSPS) is 18.7. The van der Waals surface area contributed by atoms with Crippen LogP contribution >= 0.6 is 0 Å². The first-order chi connectivity index (χ1) is 14.5. The van der Waals surface area contributed by atoms with Crippen molar-refractivity contribution in [2.24, 2.45) is 11.8 Å². The molecule has 154 valence electrons. The van der Waals surface area contributed by atoms with Crippen LogP contribution < -0.4 is 9.47 Å². The number of aryl methyl sites for hydroxylation is 1. The highest BCUT2D eigenvalue weighted by molar-refractivity contribution is 5.99. The molecule has 0 amide bonds. The highest BCUT2D eigenvalue weighted by atomic mass is 16.5. The number of ether oxygens (including phenoxy) is 2. The van der Waals surface area contributed by atoms with Crippen molar-refractivity contribution in [2.45, 2.75) is 39.5 Å². The fourth-order valence-electron chi connectivity index (χ4n) is 4.24. The lowest BCUT2D eigenvalue weighted by Gasteiger charge is -2.25. The quantitative estimate of drug-likeness (QED) is 0.391. The predicted octanol–water partition coefficient (Wildman–Crippen LogP) is 6.10. The highest BCUT2D eigenvalue weighted by Crippen LogP contribution is 2.36. The van der Waals surface area contributed by atoms with Crippen molar-refractivity contribution in [1.29, 1.82) is 0 Å². The minimum absolute atomic E-state index is 0.0781. The predicted molar refractivity (Wildman–Crippen MR) is 117 cm³/mol. The van der Waals surface area contributed by atoms with Crippen molar-refractivity contribution in [2.75, 3.05) is 0 Å². The van der Waals surface area contributed by atoms with Gasteiger partial charge in [-0.3, -0.25) is 4.79 Å². The molecule has 0 heterocycles. The van der Waals surface area contributed by atoms with Crippen LogP contribution in [-0.4, -0.2) is 11.9 Å². The molecule has 1 saturated carbocycles. The second kappa shape index (κ2) is 8.70. The van der Waals surface area contributed by atoms with Crippen molar-refractivity contribution in [1.82, 2.24) is 0 Å². The summed E-state index contributed by atoms with van der Waals surface area (Å²) >= 11 is 0. The van der Waals surface area contributed by atoms with Crippen LogP contribution in [0.3, 0.4) is 0 Å². The Labute approximate surface area is 176 Å². The van der Waals surface area contributed by atoms with Gasteiger partial charge in [0.05, 0.1) is 16.9 Å².